The molecule has 4 atom stereocenters. The summed E-state index contributed by atoms with van der Waals surface area (Å²) in [5, 5.41) is 11.3. The van der Waals surface area contributed by atoms with Crippen molar-refractivity contribution in [2.75, 3.05) is 0 Å². The molecular formula is C18H30O. The Balaban J connectivity index is 1.62. The van der Waals surface area contributed by atoms with E-state index in [1.54, 1.807) is 0 Å². The lowest BCUT2D eigenvalue weighted by atomic mass is 9.44. The van der Waals surface area contributed by atoms with Crippen LogP contribution in [0.1, 0.15) is 84.0 Å². The van der Waals surface area contributed by atoms with Crippen LogP contribution in [0.4, 0.5) is 0 Å². The van der Waals surface area contributed by atoms with Crippen molar-refractivity contribution in [2.24, 2.45) is 22.7 Å². The normalized spacial score (nSPS) is 52.1. The van der Waals surface area contributed by atoms with Crippen molar-refractivity contribution in [3.8, 4) is 0 Å². The van der Waals surface area contributed by atoms with Gasteiger partial charge in [0.2, 0.25) is 0 Å². The van der Waals surface area contributed by atoms with Crippen molar-refractivity contribution in [3.63, 3.8) is 0 Å². The highest BCUT2D eigenvalue weighted by molar-refractivity contribution is 5.13. The standard InChI is InChI=1S/C18H30O/c1-16-7-5-10-18(19,13-16)15-12-17(14(15)6-11-16)8-3-2-4-9-17/h14-15,19H,2-13H2,1H3. The van der Waals surface area contributed by atoms with Crippen LogP contribution in [0.2, 0.25) is 0 Å². The summed E-state index contributed by atoms with van der Waals surface area (Å²) in [4.78, 5) is 0. The number of fused-ring (bicyclic) bond motifs is 5. The van der Waals surface area contributed by atoms with E-state index in [4.69, 9.17) is 0 Å². The molecule has 2 bridgehead atoms. The first kappa shape index (κ1) is 12.7. The van der Waals surface area contributed by atoms with Crippen molar-refractivity contribution in [3.05, 3.63) is 0 Å². The molecule has 0 aromatic rings. The van der Waals surface area contributed by atoms with E-state index in [1.165, 1.54) is 64.2 Å². The molecule has 1 spiro atoms. The first-order valence-electron chi connectivity index (χ1n) is 8.78. The van der Waals surface area contributed by atoms with E-state index in [0.29, 0.717) is 16.7 Å². The highest BCUT2D eigenvalue weighted by Gasteiger charge is 2.62. The summed E-state index contributed by atoms with van der Waals surface area (Å²) in [7, 11) is 0. The van der Waals surface area contributed by atoms with Crippen molar-refractivity contribution >= 4 is 0 Å². The third kappa shape index (κ3) is 1.76. The van der Waals surface area contributed by atoms with E-state index in [9.17, 15) is 5.11 Å². The fourth-order valence-electron chi connectivity index (χ4n) is 6.67. The van der Waals surface area contributed by atoms with E-state index in [-0.39, 0.29) is 5.60 Å². The van der Waals surface area contributed by atoms with Crippen LogP contribution in [0.25, 0.3) is 0 Å². The summed E-state index contributed by atoms with van der Waals surface area (Å²) < 4.78 is 0. The first-order chi connectivity index (χ1) is 9.06. The van der Waals surface area contributed by atoms with E-state index in [0.717, 1.165) is 18.8 Å². The van der Waals surface area contributed by atoms with E-state index in [1.807, 2.05) is 0 Å². The van der Waals surface area contributed by atoms with E-state index in [2.05, 4.69) is 6.92 Å². The molecule has 1 nitrogen and oxygen atoms in total. The minimum absolute atomic E-state index is 0.281. The van der Waals surface area contributed by atoms with Crippen molar-refractivity contribution < 1.29 is 5.11 Å². The van der Waals surface area contributed by atoms with Crippen LogP contribution in [-0.4, -0.2) is 10.7 Å². The lowest BCUT2D eigenvalue weighted by Gasteiger charge is -2.62. The van der Waals surface area contributed by atoms with Crippen LogP contribution in [0, 0.1) is 22.7 Å². The maximum atomic E-state index is 11.3. The number of hydrogen-bond acceptors (Lipinski definition) is 1. The Bertz CT molecular complexity index is 370. The average molecular weight is 262 g/mol. The third-order valence-corrected chi connectivity index (χ3v) is 7.62. The topological polar surface area (TPSA) is 20.2 Å². The fraction of sp³-hybridized carbons (Fsp3) is 1.00. The van der Waals surface area contributed by atoms with Gasteiger partial charge in [0.25, 0.3) is 0 Å². The largest absolute Gasteiger partial charge is 0.390 e. The smallest absolute Gasteiger partial charge is 0.0684 e. The molecule has 108 valence electrons. The lowest BCUT2D eigenvalue weighted by Crippen LogP contribution is -2.58. The van der Waals surface area contributed by atoms with E-state index >= 15 is 0 Å². The van der Waals surface area contributed by atoms with Gasteiger partial charge in [-0.2, -0.15) is 0 Å². The Morgan fingerprint density at radius 3 is 2.42 bits per heavy atom. The molecule has 0 aliphatic heterocycles. The molecule has 0 amide bonds. The van der Waals surface area contributed by atoms with Crippen LogP contribution in [0.5, 0.6) is 0 Å². The summed E-state index contributed by atoms with van der Waals surface area (Å²) in [6, 6.07) is 0. The van der Waals surface area contributed by atoms with Gasteiger partial charge in [-0.05, 0) is 74.0 Å². The van der Waals surface area contributed by atoms with Gasteiger partial charge in [0.15, 0.2) is 0 Å². The zero-order valence-corrected chi connectivity index (χ0v) is 12.6. The van der Waals surface area contributed by atoms with Gasteiger partial charge in [-0.1, -0.05) is 32.6 Å². The summed E-state index contributed by atoms with van der Waals surface area (Å²) in [6.07, 6.45) is 16.3. The van der Waals surface area contributed by atoms with Gasteiger partial charge in [-0.3, -0.25) is 0 Å². The zero-order valence-electron chi connectivity index (χ0n) is 12.6. The highest BCUT2D eigenvalue weighted by Crippen LogP contribution is 2.68. The predicted molar refractivity (Wildman–Crippen MR) is 77.9 cm³/mol. The van der Waals surface area contributed by atoms with Crippen molar-refractivity contribution in [1.82, 2.24) is 0 Å². The Morgan fingerprint density at radius 2 is 1.63 bits per heavy atom. The van der Waals surface area contributed by atoms with Crippen LogP contribution < -0.4 is 0 Å². The Morgan fingerprint density at radius 1 is 0.842 bits per heavy atom. The van der Waals surface area contributed by atoms with Gasteiger partial charge >= 0.3 is 0 Å². The maximum absolute atomic E-state index is 11.3. The molecule has 4 fully saturated rings. The van der Waals surface area contributed by atoms with Gasteiger partial charge in [0.05, 0.1) is 5.60 Å². The van der Waals surface area contributed by atoms with Gasteiger partial charge in [-0.25, -0.2) is 0 Å². The minimum atomic E-state index is -0.281. The van der Waals surface area contributed by atoms with Gasteiger partial charge in [0, 0.05) is 0 Å². The molecule has 1 N–H and O–H groups in total. The predicted octanol–water partition coefficient (Wildman–Crippen LogP) is 4.68. The summed E-state index contributed by atoms with van der Waals surface area (Å²) in [5.74, 6) is 1.53. The second kappa shape index (κ2) is 4.00. The zero-order chi connectivity index (χ0) is 13.1. The molecule has 0 aromatic carbocycles. The molecule has 0 heterocycles. The molecule has 0 aromatic heterocycles. The van der Waals surface area contributed by atoms with Crippen LogP contribution in [0.3, 0.4) is 0 Å². The van der Waals surface area contributed by atoms with Crippen LogP contribution in [-0.2, 0) is 0 Å². The number of rotatable bonds is 0. The van der Waals surface area contributed by atoms with Gasteiger partial charge < -0.3 is 5.11 Å². The molecule has 4 aliphatic carbocycles. The molecule has 0 saturated heterocycles. The third-order valence-electron chi connectivity index (χ3n) is 7.62. The molecule has 1 heteroatoms. The highest BCUT2D eigenvalue weighted by atomic mass is 16.3. The average Bonchev–Trinajstić information content (AvgIpc) is 2.42. The SMILES string of the molecule is CC12CCCC(O)(C1)C1CC3(CCCCC3)C1CC2. The van der Waals surface area contributed by atoms with Crippen LogP contribution in [0.15, 0.2) is 0 Å². The van der Waals surface area contributed by atoms with Gasteiger partial charge in [0.1, 0.15) is 0 Å². The molecule has 0 radical (unpaired) electrons. The molecular weight excluding hydrogens is 232 g/mol. The Kier molecular flexibility index (Phi) is 2.67. The molecule has 4 rings (SSSR count). The number of hydrogen-bond donors (Lipinski definition) is 1. The number of aliphatic hydroxyl groups is 1. The first-order valence-corrected chi connectivity index (χ1v) is 8.78. The molecule has 19 heavy (non-hydrogen) atoms. The summed E-state index contributed by atoms with van der Waals surface area (Å²) in [5.41, 5.74) is 0.851. The molecule has 4 aliphatic rings. The summed E-state index contributed by atoms with van der Waals surface area (Å²) in [6.45, 7) is 2.45. The second-order valence-electron chi connectivity index (χ2n) is 8.82. The Labute approximate surface area is 118 Å². The van der Waals surface area contributed by atoms with Gasteiger partial charge in [-0.15, -0.1) is 0 Å². The second-order valence-corrected chi connectivity index (χ2v) is 8.82. The summed E-state index contributed by atoms with van der Waals surface area (Å²) >= 11 is 0. The van der Waals surface area contributed by atoms with E-state index < -0.39 is 0 Å². The van der Waals surface area contributed by atoms with Crippen molar-refractivity contribution in [2.45, 2.75) is 89.6 Å². The maximum Gasteiger partial charge on any atom is 0.0684 e. The minimum Gasteiger partial charge on any atom is -0.390 e. The Hall–Kier alpha value is -0.0400. The monoisotopic (exact) mass is 262 g/mol. The quantitative estimate of drug-likeness (QED) is 0.672. The van der Waals surface area contributed by atoms with Crippen molar-refractivity contribution in [1.29, 1.82) is 0 Å². The fourth-order valence-corrected chi connectivity index (χ4v) is 6.67. The molecule has 4 saturated carbocycles. The van der Waals surface area contributed by atoms with Crippen LogP contribution >= 0.6 is 0 Å². The lowest BCUT2D eigenvalue weighted by molar-refractivity contribution is -0.181. The molecule has 4 unspecified atom stereocenters.